The molecule has 1 heterocycles. The van der Waals surface area contributed by atoms with Gasteiger partial charge in [0, 0.05) is 12.6 Å². The summed E-state index contributed by atoms with van der Waals surface area (Å²) in [5, 5.41) is 0. The molecular formula is C11H14N2O. The molecule has 2 rings (SSSR count). The van der Waals surface area contributed by atoms with Gasteiger partial charge >= 0.3 is 0 Å². The molecule has 0 saturated carbocycles. The van der Waals surface area contributed by atoms with Crippen molar-refractivity contribution in [2.75, 3.05) is 0 Å². The van der Waals surface area contributed by atoms with E-state index in [-0.39, 0.29) is 12.2 Å². The SMILES string of the molecule is NC1=CC(OC2C=CC=CC2)CC=N1. The predicted molar refractivity (Wildman–Crippen MR) is 56.9 cm³/mol. The molecule has 1 aliphatic carbocycles. The van der Waals surface area contributed by atoms with Crippen LogP contribution >= 0.6 is 0 Å². The molecule has 74 valence electrons. The van der Waals surface area contributed by atoms with Crippen molar-refractivity contribution in [3.8, 4) is 0 Å². The third-order valence-corrected chi connectivity index (χ3v) is 2.23. The highest BCUT2D eigenvalue weighted by atomic mass is 16.5. The van der Waals surface area contributed by atoms with Crippen molar-refractivity contribution in [3.63, 3.8) is 0 Å². The zero-order valence-corrected chi connectivity index (χ0v) is 7.97. The molecule has 0 aromatic rings. The fourth-order valence-electron chi connectivity index (χ4n) is 1.54. The smallest absolute Gasteiger partial charge is 0.121 e. The van der Waals surface area contributed by atoms with E-state index in [4.69, 9.17) is 10.5 Å². The first-order chi connectivity index (χ1) is 6.84. The quantitative estimate of drug-likeness (QED) is 0.717. The van der Waals surface area contributed by atoms with Crippen LogP contribution in [0.4, 0.5) is 0 Å². The number of ether oxygens (including phenoxy) is 1. The minimum atomic E-state index is 0.0775. The summed E-state index contributed by atoms with van der Waals surface area (Å²) in [5.41, 5.74) is 5.58. The molecule has 3 nitrogen and oxygen atoms in total. The summed E-state index contributed by atoms with van der Waals surface area (Å²) in [4.78, 5) is 3.98. The van der Waals surface area contributed by atoms with Gasteiger partial charge in [-0.2, -0.15) is 0 Å². The van der Waals surface area contributed by atoms with Crippen molar-refractivity contribution >= 4 is 6.21 Å². The van der Waals surface area contributed by atoms with E-state index in [1.807, 2.05) is 24.4 Å². The van der Waals surface area contributed by atoms with Gasteiger partial charge in [-0.1, -0.05) is 24.3 Å². The van der Waals surface area contributed by atoms with Crippen molar-refractivity contribution < 1.29 is 4.74 Å². The Kier molecular flexibility index (Phi) is 2.79. The number of hydrogen-bond acceptors (Lipinski definition) is 3. The van der Waals surface area contributed by atoms with Gasteiger partial charge in [-0.05, 0) is 12.5 Å². The van der Waals surface area contributed by atoms with Gasteiger partial charge in [-0.15, -0.1) is 0 Å². The molecule has 1 aliphatic heterocycles. The van der Waals surface area contributed by atoms with Crippen molar-refractivity contribution in [1.82, 2.24) is 0 Å². The van der Waals surface area contributed by atoms with Gasteiger partial charge in [-0.3, -0.25) is 0 Å². The first kappa shape index (κ1) is 9.21. The van der Waals surface area contributed by atoms with Gasteiger partial charge in [0.1, 0.15) is 5.82 Å². The molecule has 0 bridgehead atoms. The molecule has 2 atom stereocenters. The van der Waals surface area contributed by atoms with E-state index >= 15 is 0 Å². The first-order valence-electron chi connectivity index (χ1n) is 4.83. The highest BCUT2D eigenvalue weighted by molar-refractivity contribution is 5.61. The molecule has 0 aromatic heterocycles. The maximum atomic E-state index is 5.82. The zero-order chi connectivity index (χ0) is 9.80. The summed E-state index contributed by atoms with van der Waals surface area (Å²) >= 11 is 0. The molecule has 14 heavy (non-hydrogen) atoms. The largest absolute Gasteiger partial charge is 0.384 e. The lowest BCUT2D eigenvalue weighted by Gasteiger charge is -2.21. The maximum Gasteiger partial charge on any atom is 0.121 e. The summed E-state index contributed by atoms with van der Waals surface area (Å²) in [6.45, 7) is 0. The van der Waals surface area contributed by atoms with E-state index in [0.29, 0.717) is 5.82 Å². The van der Waals surface area contributed by atoms with Gasteiger partial charge in [0.15, 0.2) is 0 Å². The van der Waals surface area contributed by atoms with E-state index in [2.05, 4.69) is 17.1 Å². The number of nitrogens with two attached hydrogens (primary N) is 1. The Hall–Kier alpha value is -1.35. The number of allylic oxidation sites excluding steroid dienone is 2. The second-order valence-corrected chi connectivity index (χ2v) is 3.40. The average molecular weight is 190 g/mol. The van der Waals surface area contributed by atoms with Crippen LogP contribution in [-0.4, -0.2) is 18.4 Å². The van der Waals surface area contributed by atoms with Gasteiger partial charge in [0.05, 0.1) is 12.2 Å². The lowest BCUT2D eigenvalue weighted by atomic mass is 10.1. The Bertz CT molecular complexity index is 315. The molecule has 3 heteroatoms. The third-order valence-electron chi connectivity index (χ3n) is 2.23. The van der Waals surface area contributed by atoms with Gasteiger partial charge in [0.25, 0.3) is 0 Å². The number of aliphatic imine (C=N–C) groups is 1. The average Bonchev–Trinajstić information content (AvgIpc) is 2.19. The molecule has 2 aliphatic rings. The van der Waals surface area contributed by atoms with Crippen LogP contribution in [0.25, 0.3) is 0 Å². The Morgan fingerprint density at radius 1 is 1.29 bits per heavy atom. The van der Waals surface area contributed by atoms with Crippen molar-refractivity contribution in [2.24, 2.45) is 10.7 Å². The standard InChI is InChI=1S/C11H14N2O/c12-11-8-10(6-7-13-11)14-9-4-2-1-3-5-9/h1-4,7-10H,5-6,12H2. The van der Waals surface area contributed by atoms with Crippen molar-refractivity contribution in [1.29, 1.82) is 0 Å². The first-order valence-corrected chi connectivity index (χ1v) is 4.83. The van der Waals surface area contributed by atoms with Crippen LogP contribution in [0.5, 0.6) is 0 Å². The monoisotopic (exact) mass is 190 g/mol. The minimum Gasteiger partial charge on any atom is -0.384 e. The fourth-order valence-corrected chi connectivity index (χ4v) is 1.54. The van der Waals surface area contributed by atoms with E-state index in [1.54, 1.807) is 0 Å². The lowest BCUT2D eigenvalue weighted by molar-refractivity contribution is 0.0461. The summed E-state index contributed by atoms with van der Waals surface area (Å²) in [6.07, 6.45) is 13.9. The Balaban J connectivity index is 1.89. The lowest BCUT2D eigenvalue weighted by Crippen LogP contribution is -2.22. The molecule has 0 fully saturated rings. The van der Waals surface area contributed by atoms with Gasteiger partial charge in [0.2, 0.25) is 0 Å². The second-order valence-electron chi connectivity index (χ2n) is 3.40. The Morgan fingerprint density at radius 2 is 2.21 bits per heavy atom. The van der Waals surface area contributed by atoms with E-state index in [9.17, 15) is 0 Å². The Morgan fingerprint density at radius 3 is 2.93 bits per heavy atom. The summed E-state index contributed by atoms with van der Waals surface area (Å²) < 4.78 is 5.82. The van der Waals surface area contributed by atoms with Crippen molar-refractivity contribution in [2.45, 2.75) is 25.0 Å². The van der Waals surface area contributed by atoms with Gasteiger partial charge in [-0.25, -0.2) is 4.99 Å². The molecule has 0 saturated heterocycles. The van der Waals surface area contributed by atoms with E-state index in [1.165, 1.54) is 0 Å². The highest BCUT2D eigenvalue weighted by Crippen LogP contribution is 2.14. The topological polar surface area (TPSA) is 47.6 Å². The second kappa shape index (κ2) is 4.24. The van der Waals surface area contributed by atoms with E-state index in [0.717, 1.165) is 12.8 Å². The van der Waals surface area contributed by atoms with Crippen LogP contribution in [0.3, 0.4) is 0 Å². The van der Waals surface area contributed by atoms with Crippen LogP contribution in [0.1, 0.15) is 12.8 Å². The van der Waals surface area contributed by atoms with Crippen LogP contribution in [0, 0.1) is 0 Å². The van der Waals surface area contributed by atoms with E-state index < -0.39 is 0 Å². The van der Waals surface area contributed by atoms with Crippen LogP contribution in [-0.2, 0) is 4.74 Å². The number of rotatable bonds is 2. The molecule has 0 radical (unpaired) electrons. The minimum absolute atomic E-state index is 0.0775. The normalized spacial score (nSPS) is 30.4. The zero-order valence-electron chi connectivity index (χ0n) is 7.97. The predicted octanol–water partition coefficient (Wildman–Crippen LogP) is 1.53. The number of hydrogen-bond donors (Lipinski definition) is 1. The maximum absolute atomic E-state index is 5.82. The van der Waals surface area contributed by atoms with Crippen LogP contribution < -0.4 is 5.73 Å². The molecule has 2 unspecified atom stereocenters. The molecule has 2 N–H and O–H groups in total. The molecule has 0 aromatic carbocycles. The third kappa shape index (κ3) is 2.33. The number of nitrogens with zero attached hydrogens (tertiary/aromatic N) is 1. The summed E-state index contributed by atoms with van der Waals surface area (Å²) in [7, 11) is 0. The molecule has 0 spiro atoms. The van der Waals surface area contributed by atoms with Gasteiger partial charge < -0.3 is 10.5 Å². The highest BCUT2D eigenvalue weighted by Gasteiger charge is 2.14. The van der Waals surface area contributed by atoms with Crippen LogP contribution in [0.2, 0.25) is 0 Å². The summed E-state index contributed by atoms with van der Waals surface area (Å²) in [6, 6.07) is 0. The fraction of sp³-hybridized carbons (Fsp3) is 0.364. The van der Waals surface area contributed by atoms with Crippen LogP contribution in [0.15, 0.2) is 41.2 Å². The Labute approximate surface area is 83.7 Å². The molecule has 0 amide bonds. The molecular weight excluding hydrogens is 176 g/mol. The summed E-state index contributed by atoms with van der Waals surface area (Å²) in [5.74, 6) is 0.552. The van der Waals surface area contributed by atoms with Crippen molar-refractivity contribution in [3.05, 3.63) is 36.2 Å².